The Balaban J connectivity index is 2.39. The average molecular weight is 266 g/mol. The van der Waals surface area contributed by atoms with Crippen LogP contribution in [-0.2, 0) is 4.79 Å². The van der Waals surface area contributed by atoms with Crippen LogP contribution in [-0.4, -0.2) is 16.9 Å². The minimum absolute atomic E-state index is 0.236. The van der Waals surface area contributed by atoms with Crippen LogP contribution in [0.5, 0.6) is 0 Å². The molecule has 0 radical (unpaired) electrons. The number of rotatable bonds is 4. The second-order valence-electron chi connectivity index (χ2n) is 4.47. The Kier molecular flexibility index (Phi) is 4.11. The lowest BCUT2D eigenvalue weighted by Crippen LogP contribution is -2.12. The lowest BCUT2D eigenvalue weighted by Gasteiger charge is -2.03. The molecule has 2 rings (SSSR count). The molecule has 0 aliphatic heterocycles. The van der Waals surface area contributed by atoms with Gasteiger partial charge in [-0.15, -0.1) is 0 Å². The fourth-order valence-corrected chi connectivity index (χ4v) is 1.80. The summed E-state index contributed by atoms with van der Waals surface area (Å²) in [6, 6.07) is 15.8. The smallest absolute Gasteiger partial charge is 0.339 e. The van der Waals surface area contributed by atoms with Crippen molar-refractivity contribution >= 4 is 17.8 Å². The van der Waals surface area contributed by atoms with E-state index in [9.17, 15) is 14.7 Å². The first-order valence-electron chi connectivity index (χ1n) is 6.19. The number of hydrogen-bond acceptors (Lipinski definition) is 2. The number of carbonyl (C=O) groups excluding carboxylic acids is 1. The maximum absolute atomic E-state index is 12.3. The van der Waals surface area contributed by atoms with E-state index in [1.807, 2.05) is 13.0 Å². The zero-order valence-electron chi connectivity index (χ0n) is 11.0. The van der Waals surface area contributed by atoms with E-state index in [1.54, 1.807) is 48.5 Å². The molecule has 2 aromatic rings. The van der Waals surface area contributed by atoms with Crippen molar-refractivity contribution < 1.29 is 14.7 Å². The fraction of sp³-hybridized carbons (Fsp3) is 0.0588. The van der Waals surface area contributed by atoms with Gasteiger partial charge in [0.05, 0.1) is 0 Å². The van der Waals surface area contributed by atoms with E-state index in [4.69, 9.17) is 0 Å². The third-order valence-corrected chi connectivity index (χ3v) is 2.90. The van der Waals surface area contributed by atoms with Gasteiger partial charge < -0.3 is 5.11 Å². The average Bonchev–Trinajstić information content (AvgIpc) is 2.45. The number of carboxylic acid groups (broad SMARTS) is 1. The number of aliphatic carboxylic acids is 1. The monoisotopic (exact) mass is 266 g/mol. The first-order valence-corrected chi connectivity index (χ1v) is 6.19. The topological polar surface area (TPSA) is 54.4 Å². The van der Waals surface area contributed by atoms with Gasteiger partial charge in [0.2, 0.25) is 0 Å². The Morgan fingerprint density at radius 2 is 1.55 bits per heavy atom. The van der Waals surface area contributed by atoms with Gasteiger partial charge in [0, 0.05) is 5.56 Å². The van der Waals surface area contributed by atoms with E-state index in [1.165, 1.54) is 6.08 Å². The summed E-state index contributed by atoms with van der Waals surface area (Å²) in [5, 5.41) is 9.23. The van der Waals surface area contributed by atoms with E-state index in [-0.39, 0.29) is 5.57 Å². The van der Waals surface area contributed by atoms with Crippen LogP contribution >= 0.6 is 0 Å². The number of Topliss-reactive ketones (excluding diaryl/α,β-unsaturated/α-hetero) is 1. The van der Waals surface area contributed by atoms with E-state index in [0.29, 0.717) is 11.1 Å². The number of aryl methyl sites for hydroxylation is 1. The van der Waals surface area contributed by atoms with Crippen LogP contribution in [0.3, 0.4) is 0 Å². The Morgan fingerprint density at radius 3 is 2.10 bits per heavy atom. The minimum Gasteiger partial charge on any atom is -0.478 e. The summed E-state index contributed by atoms with van der Waals surface area (Å²) in [5.74, 6) is -1.71. The van der Waals surface area contributed by atoms with Crippen LogP contribution in [0, 0.1) is 6.92 Å². The molecule has 100 valence electrons. The summed E-state index contributed by atoms with van der Waals surface area (Å²) < 4.78 is 0. The zero-order valence-corrected chi connectivity index (χ0v) is 11.0. The van der Waals surface area contributed by atoms with Crippen molar-refractivity contribution in [3.63, 3.8) is 0 Å². The second kappa shape index (κ2) is 5.97. The third kappa shape index (κ3) is 3.20. The van der Waals surface area contributed by atoms with Crippen LogP contribution in [0.2, 0.25) is 0 Å². The largest absolute Gasteiger partial charge is 0.478 e. The molecule has 0 bridgehead atoms. The molecule has 0 saturated heterocycles. The SMILES string of the molecule is Cc1ccc(C(=O)/C(=C/c2ccccc2)C(=O)O)cc1. The summed E-state index contributed by atoms with van der Waals surface area (Å²) in [7, 11) is 0. The van der Waals surface area contributed by atoms with Crippen molar-refractivity contribution in [2.24, 2.45) is 0 Å². The van der Waals surface area contributed by atoms with Crippen LogP contribution < -0.4 is 0 Å². The molecule has 0 heterocycles. The van der Waals surface area contributed by atoms with Crippen molar-refractivity contribution in [3.8, 4) is 0 Å². The van der Waals surface area contributed by atoms with Crippen LogP contribution in [0.4, 0.5) is 0 Å². The van der Waals surface area contributed by atoms with Gasteiger partial charge in [0.1, 0.15) is 5.57 Å². The maximum Gasteiger partial charge on any atom is 0.339 e. The predicted molar refractivity (Wildman–Crippen MR) is 77.6 cm³/mol. The molecule has 1 N–H and O–H groups in total. The van der Waals surface area contributed by atoms with Gasteiger partial charge in [-0.1, -0.05) is 60.2 Å². The highest BCUT2D eigenvalue weighted by atomic mass is 16.4. The van der Waals surface area contributed by atoms with Gasteiger partial charge in [-0.25, -0.2) is 4.79 Å². The quantitative estimate of drug-likeness (QED) is 0.399. The molecule has 0 fully saturated rings. The van der Waals surface area contributed by atoms with E-state index in [2.05, 4.69) is 0 Å². The first kappa shape index (κ1) is 13.7. The van der Waals surface area contributed by atoms with E-state index < -0.39 is 11.8 Å². The zero-order chi connectivity index (χ0) is 14.5. The highest BCUT2D eigenvalue weighted by Gasteiger charge is 2.18. The molecule has 0 aliphatic carbocycles. The Bertz CT molecular complexity index is 652. The Labute approximate surface area is 117 Å². The molecular weight excluding hydrogens is 252 g/mol. The number of hydrogen-bond donors (Lipinski definition) is 1. The summed E-state index contributed by atoms with van der Waals surface area (Å²) in [4.78, 5) is 23.5. The van der Waals surface area contributed by atoms with Gasteiger partial charge in [-0.05, 0) is 18.6 Å². The van der Waals surface area contributed by atoms with Crippen molar-refractivity contribution in [3.05, 3.63) is 76.9 Å². The summed E-state index contributed by atoms with van der Waals surface area (Å²) in [5.41, 5.74) is 1.84. The lowest BCUT2D eigenvalue weighted by atomic mass is 10.0. The van der Waals surface area contributed by atoms with Crippen molar-refractivity contribution in [2.75, 3.05) is 0 Å². The number of ketones is 1. The van der Waals surface area contributed by atoms with Gasteiger partial charge in [-0.2, -0.15) is 0 Å². The Hall–Kier alpha value is -2.68. The maximum atomic E-state index is 12.3. The predicted octanol–water partition coefficient (Wildman–Crippen LogP) is 3.35. The molecule has 0 aromatic heterocycles. The van der Waals surface area contributed by atoms with Gasteiger partial charge in [-0.3, -0.25) is 4.79 Å². The fourth-order valence-electron chi connectivity index (χ4n) is 1.80. The lowest BCUT2D eigenvalue weighted by molar-refractivity contribution is -0.132. The molecule has 0 unspecified atom stereocenters. The first-order chi connectivity index (χ1) is 9.58. The molecule has 3 heteroatoms. The molecule has 2 aromatic carbocycles. The normalized spacial score (nSPS) is 11.2. The molecule has 20 heavy (non-hydrogen) atoms. The molecule has 0 saturated carbocycles. The van der Waals surface area contributed by atoms with Crippen molar-refractivity contribution in [1.82, 2.24) is 0 Å². The summed E-state index contributed by atoms with van der Waals surface area (Å²) in [6.45, 7) is 1.91. The highest BCUT2D eigenvalue weighted by Crippen LogP contribution is 2.14. The molecule has 0 spiro atoms. The molecule has 0 atom stereocenters. The van der Waals surface area contributed by atoms with Crippen molar-refractivity contribution in [1.29, 1.82) is 0 Å². The molecular formula is C17H14O3. The minimum atomic E-state index is -1.22. The standard InChI is InChI=1S/C17H14O3/c1-12-7-9-14(10-8-12)16(18)15(17(19)20)11-13-5-3-2-4-6-13/h2-11H,1H3,(H,19,20)/b15-11-. The van der Waals surface area contributed by atoms with Crippen LogP contribution in [0.25, 0.3) is 6.08 Å². The van der Waals surface area contributed by atoms with E-state index >= 15 is 0 Å². The Morgan fingerprint density at radius 1 is 0.950 bits per heavy atom. The molecule has 3 nitrogen and oxygen atoms in total. The molecule has 0 aliphatic rings. The van der Waals surface area contributed by atoms with Gasteiger partial charge >= 0.3 is 5.97 Å². The second-order valence-corrected chi connectivity index (χ2v) is 4.47. The van der Waals surface area contributed by atoms with Gasteiger partial charge in [0.15, 0.2) is 5.78 Å². The van der Waals surface area contributed by atoms with Crippen molar-refractivity contribution in [2.45, 2.75) is 6.92 Å². The van der Waals surface area contributed by atoms with Gasteiger partial charge in [0.25, 0.3) is 0 Å². The number of carbonyl (C=O) groups is 2. The van der Waals surface area contributed by atoms with Crippen LogP contribution in [0.1, 0.15) is 21.5 Å². The number of carboxylic acids is 1. The summed E-state index contributed by atoms with van der Waals surface area (Å²) >= 11 is 0. The molecule has 0 amide bonds. The number of benzene rings is 2. The third-order valence-electron chi connectivity index (χ3n) is 2.90. The van der Waals surface area contributed by atoms with E-state index in [0.717, 1.165) is 5.56 Å². The highest BCUT2D eigenvalue weighted by molar-refractivity contribution is 6.26. The van der Waals surface area contributed by atoms with Crippen LogP contribution in [0.15, 0.2) is 60.2 Å². The summed E-state index contributed by atoms with van der Waals surface area (Å²) in [6.07, 6.45) is 1.39.